The lowest BCUT2D eigenvalue weighted by Gasteiger charge is -2.12. The molecule has 0 spiro atoms. The Morgan fingerprint density at radius 2 is 0.871 bits per heavy atom. The minimum atomic E-state index is 1.15. The molecule has 0 N–H and O–H groups in total. The van der Waals surface area contributed by atoms with Gasteiger partial charge in [0.05, 0.1) is 22.1 Å². The Morgan fingerprint density at radius 3 is 1.77 bits per heavy atom. The molecule has 0 bridgehead atoms. The predicted molar refractivity (Wildman–Crippen MR) is 263 cm³/mol. The molecule has 0 radical (unpaired) electrons. The van der Waals surface area contributed by atoms with Gasteiger partial charge in [0.2, 0.25) is 0 Å². The molecule has 1 aliphatic carbocycles. The highest BCUT2D eigenvalue weighted by atomic mass is 15.0. The van der Waals surface area contributed by atoms with Gasteiger partial charge in [-0.05, 0) is 132 Å². The fraction of sp³-hybridized carbons (Fsp3) is 0. The van der Waals surface area contributed by atoms with E-state index in [0.29, 0.717) is 0 Å². The highest BCUT2D eigenvalue weighted by Gasteiger charge is 2.22. The van der Waals surface area contributed by atoms with E-state index in [2.05, 4.69) is 228 Å². The smallest absolute Gasteiger partial charge is 0.0619 e. The second-order valence-electron chi connectivity index (χ2n) is 16.9. The van der Waals surface area contributed by atoms with Crippen molar-refractivity contribution in [3.63, 3.8) is 0 Å². The lowest BCUT2D eigenvalue weighted by Crippen LogP contribution is -1.94. The van der Waals surface area contributed by atoms with Crippen molar-refractivity contribution in [2.24, 2.45) is 0 Å². The first-order chi connectivity index (χ1) is 30.7. The van der Waals surface area contributed by atoms with E-state index < -0.39 is 0 Å². The van der Waals surface area contributed by atoms with Gasteiger partial charge in [0.1, 0.15) is 0 Å². The number of aromatic nitrogens is 2. The number of para-hydroxylation sites is 2. The van der Waals surface area contributed by atoms with Crippen LogP contribution in [0.25, 0.3) is 132 Å². The summed E-state index contributed by atoms with van der Waals surface area (Å²) in [5.74, 6) is 0. The molecule has 0 atom stereocenters. The van der Waals surface area contributed by atoms with Gasteiger partial charge < -0.3 is 9.13 Å². The van der Waals surface area contributed by atoms with Crippen molar-refractivity contribution in [2.75, 3.05) is 0 Å². The first-order valence-corrected chi connectivity index (χ1v) is 21.5. The van der Waals surface area contributed by atoms with E-state index in [1.54, 1.807) is 0 Å². The summed E-state index contributed by atoms with van der Waals surface area (Å²) in [5, 5.41) is 12.6. The van der Waals surface area contributed by atoms with Gasteiger partial charge in [-0.25, -0.2) is 0 Å². The van der Waals surface area contributed by atoms with E-state index in [-0.39, 0.29) is 0 Å². The molecule has 2 heterocycles. The zero-order valence-electron chi connectivity index (χ0n) is 33.7. The van der Waals surface area contributed by atoms with Crippen LogP contribution >= 0.6 is 0 Å². The quantitative estimate of drug-likeness (QED) is 0.168. The minimum absolute atomic E-state index is 1.15. The average Bonchev–Trinajstić information content (AvgIpc) is 3.97. The molecular formula is C60H36N2. The molecule has 14 rings (SSSR count). The fourth-order valence-electron chi connectivity index (χ4n) is 10.8. The van der Waals surface area contributed by atoms with Crippen LogP contribution in [0.4, 0.5) is 0 Å². The number of nitrogens with zero attached hydrogens (tertiary/aromatic N) is 2. The Bertz CT molecular complexity index is 4030. The Morgan fingerprint density at radius 1 is 0.242 bits per heavy atom. The topological polar surface area (TPSA) is 9.86 Å². The zero-order chi connectivity index (χ0) is 40.5. The second kappa shape index (κ2) is 12.7. The largest absolute Gasteiger partial charge is 0.309 e. The van der Waals surface area contributed by atoms with Gasteiger partial charge in [0, 0.05) is 38.3 Å². The van der Waals surface area contributed by atoms with Crippen molar-refractivity contribution in [3.8, 4) is 55.9 Å². The molecule has 0 fully saturated rings. The summed E-state index contributed by atoms with van der Waals surface area (Å²) < 4.78 is 4.90. The van der Waals surface area contributed by atoms with Crippen molar-refractivity contribution < 1.29 is 0 Å². The summed E-state index contributed by atoms with van der Waals surface area (Å²) in [5.41, 5.74) is 17.3. The average molecular weight is 785 g/mol. The van der Waals surface area contributed by atoms with Crippen LogP contribution in [-0.4, -0.2) is 9.13 Å². The van der Waals surface area contributed by atoms with Crippen LogP contribution in [-0.2, 0) is 0 Å². The lowest BCUT2D eigenvalue weighted by atomic mass is 9.96. The SMILES string of the molecule is c1ccc(-n2c3ccc(-c4ccc5c6ccccc6n(-c6ccc7ccc(-c8ccc9c(c8)-c8cccc%10cccc-9c8%10)cc7c6)c5c4)cc3c3ccc4ccccc4c32)cc1. The minimum Gasteiger partial charge on any atom is -0.309 e. The standard InChI is InChI=1S/C60H36N2/c1-2-13-45(14-3-1)62-57-31-26-42(35-55(57)53-30-23-38-10-4-5-15-47(38)60(53)62)43-25-29-50-49-16-6-7-19-56(49)61(58(50)36-43)46-27-22-37-20-21-40(32-44(37)33-46)41-24-28-48-51-17-8-11-39-12-9-18-52(59(39)51)54(48)34-41/h1-36H. The number of hydrogen-bond donors (Lipinski definition) is 0. The summed E-state index contributed by atoms with van der Waals surface area (Å²) in [6.45, 7) is 0. The molecular weight excluding hydrogens is 749 g/mol. The molecule has 62 heavy (non-hydrogen) atoms. The van der Waals surface area contributed by atoms with Gasteiger partial charge in [-0.1, -0.05) is 158 Å². The summed E-state index contributed by atoms with van der Waals surface area (Å²) in [7, 11) is 0. The Labute approximate surface area is 357 Å². The van der Waals surface area contributed by atoms with Crippen LogP contribution in [0.3, 0.4) is 0 Å². The number of hydrogen-bond acceptors (Lipinski definition) is 0. The number of benzene rings is 11. The second-order valence-corrected chi connectivity index (χ2v) is 16.9. The molecule has 13 aromatic rings. The molecule has 2 aromatic heterocycles. The lowest BCUT2D eigenvalue weighted by molar-refractivity contribution is 1.18. The maximum atomic E-state index is 2.46. The molecule has 286 valence electrons. The van der Waals surface area contributed by atoms with Crippen molar-refractivity contribution in [1.29, 1.82) is 0 Å². The van der Waals surface area contributed by atoms with E-state index in [1.807, 2.05) is 0 Å². The maximum Gasteiger partial charge on any atom is 0.0619 e. The molecule has 0 saturated carbocycles. The van der Waals surface area contributed by atoms with Crippen LogP contribution in [0, 0.1) is 0 Å². The van der Waals surface area contributed by atoms with Gasteiger partial charge in [0.15, 0.2) is 0 Å². The number of rotatable bonds is 4. The van der Waals surface area contributed by atoms with E-state index in [4.69, 9.17) is 0 Å². The number of fused-ring (bicyclic) bond motifs is 12. The predicted octanol–water partition coefficient (Wildman–Crippen LogP) is 16.3. The molecule has 2 heteroatoms. The van der Waals surface area contributed by atoms with Crippen molar-refractivity contribution in [2.45, 2.75) is 0 Å². The summed E-state index contributed by atoms with van der Waals surface area (Å²) in [6.07, 6.45) is 0. The van der Waals surface area contributed by atoms with E-state index >= 15 is 0 Å². The van der Waals surface area contributed by atoms with Gasteiger partial charge in [-0.3, -0.25) is 0 Å². The maximum absolute atomic E-state index is 2.46. The molecule has 2 nitrogen and oxygen atoms in total. The Hall–Kier alpha value is -8.20. The van der Waals surface area contributed by atoms with Crippen molar-refractivity contribution in [3.05, 3.63) is 218 Å². The summed E-state index contributed by atoms with van der Waals surface area (Å²) in [6, 6.07) is 81.1. The van der Waals surface area contributed by atoms with E-state index in [1.165, 1.54) is 126 Å². The van der Waals surface area contributed by atoms with E-state index in [9.17, 15) is 0 Å². The fourth-order valence-corrected chi connectivity index (χ4v) is 10.8. The van der Waals surface area contributed by atoms with E-state index in [0.717, 1.165) is 5.69 Å². The van der Waals surface area contributed by atoms with Crippen LogP contribution in [0.15, 0.2) is 218 Å². The van der Waals surface area contributed by atoms with Gasteiger partial charge in [-0.15, -0.1) is 0 Å². The third kappa shape index (κ3) is 4.75. The molecule has 0 amide bonds. The summed E-state index contributed by atoms with van der Waals surface area (Å²) in [4.78, 5) is 0. The normalized spacial score (nSPS) is 12.2. The molecule has 0 saturated heterocycles. The van der Waals surface area contributed by atoms with Crippen LogP contribution < -0.4 is 0 Å². The highest BCUT2D eigenvalue weighted by Crippen LogP contribution is 2.48. The third-order valence-corrected chi connectivity index (χ3v) is 13.6. The van der Waals surface area contributed by atoms with Crippen molar-refractivity contribution in [1.82, 2.24) is 9.13 Å². The van der Waals surface area contributed by atoms with Crippen molar-refractivity contribution >= 4 is 75.9 Å². The summed E-state index contributed by atoms with van der Waals surface area (Å²) >= 11 is 0. The molecule has 1 aliphatic rings. The van der Waals surface area contributed by atoms with Crippen LogP contribution in [0.2, 0.25) is 0 Å². The third-order valence-electron chi connectivity index (χ3n) is 13.6. The van der Waals surface area contributed by atoms with Crippen LogP contribution in [0.5, 0.6) is 0 Å². The monoisotopic (exact) mass is 784 g/mol. The van der Waals surface area contributed by atoms with Crippen LogP contribution in [0.1, 0.15) is 0 Å². The molecule has 11 aromatic carbocycles. The van der Waals surface area contributed by atoms with Gasteiger partial charge >= 0.3 is 0 Å². The van der Waals surface area contributed by atoms with Gasteiger partial charge in [0.25, 0.3) is 0 Å². The zero-order valence-corrected chi connectivity index (χ0v) is 33.7. The first kappa shape index (κ1) is 33.6. The molecule has 0 unspecified atom stereocenters. The first-order valence-electron chi connectivity index (χ1n) is 21.5. The molecule has 0 aliphatic heterocycles. The van der Waals surface area contributed by atoms with Gasteiger partial charge in [-0.2, -0.15) is 0 Å². The Kier molecular flexibility index (Phi) is 6.86. The Balaban J connectivity index is 0.918. The highest BCUT2D eigenvalue weighted by molar-refractivity contribution is 6.20.